The van der Waals surface area contributed by atoms with Gasteiger partial charge >= 0.3 is 0 Å². The molecular weight excluding hydrogens is 188 g/mol. The lowest BCUT2D eigenvalue weighted by atomic mass is 10.1. The summed E-state index contributed by atoms with van der Waals surface area (Å²) in [5.41, 5.74) is 5.87. The zero-order valence-electron chi connectivity index (χ0n) is 9.61. The Balaban J connectivity index is 2.43. The van der Waals surface area contributed by atoms with Crippen LogP contribution >= 0.6 is 0 Å². The molecule has 0 bridgehead atoms. The van der Waals surface area contributed by atoms with Gasteiger partial charge in [0.2, 0.25) is 5.91 Å². The topological polar surface area (TPSA) is 46.3 Å². The maximum absolute atomic E-state index is 12.0. The third-order valence-electron chi connectivity index (χ3n) is 2.78. The van der Waals surface area contributed by atoms with Crippen LogP contribution in [0.1, 0.15) is 39.0 Å². The third-order valence-corrected chi connectivity index (χ3v) is 2.78. The molecule has 1 aliphatic rings. The maximum Gasteiger partial charge on any atom is 0.240 e. The highest BCUT2D eigenvalue weighted by Crippen LogP contribution is 2.27. The van der Waals surface area contributed by atoms with Crippen LogP contribution in [0.5, 0.6) is 0 Å². The van der Waals surface area contributed by atoms with Gasteiger partial charge in [0, 0.05) is 12.6 Å². The van der Waals surface area contributed by atoms with Gasteiger partial charge < -0.3 is 10.6 Å². The van der Waals surface area contributed by atoms with Crippen LogP contribution in [-0.4, -0.2) is 29.4 Å². The zero-order chi connectivity index (χ0) is 11.3. The van der Waals surface area contributed by atoms with E-state index >= 15 is 0 Å². The van der Waals surface area contributed by atoms with E-state index < -0.39 is 0 Å². The fraction of sp³-hybridized carbons (Fsp3) is 0.750. The molecule has 3 heteroatoms. The summed E-state index contributed by atoms with van der Waals surface area (Å²) in [7, 11) is 0. The molecule has 86 valence electrons. The minimum absolute atomic E-state index is 0.103. The fourth-order valence-electron chi connectivity index (χ4n) is 1.70. The molecule has 0 aliphatic heterocycles. The number of carbonyl (C=O) groups is 1. The molecule has 0 aromatic rings. The van der Waals surface area contributed by atoms with Crippen molar-refractivity contribution < 1.29 is 4.79 Å². The molecule has 1 atom stereocenters. The fourth-order valence-corrected chi connectivity index (χ4v) is 1.70. The standard InChI is InChI=1S/C12H22N2O/c1-3-5-6-11(13)12(15)14(9-4-2)10-7-8-10/h4,10-11H,2-3,5-9,13H2,1H3. The van der Waals surface area contributed by atoms with Crippen molar-refractivity contribution in [1.29, 1.82) is 0 Å². The third kappa shape index (κ3) is 3.67. The summed E-state index contributed by atoms with van der Waals surface area (Å²) in [5, 5.41) is 0. The minimum Gasteiger partial charge on any atom is -0.335 e. The lowest BCUT2D eigenvalue weighted by Gasteiger charge is -2.24. The normalized spacial score (nSPS) is 17.2. The quantitative estimate of drug-likeness (QED) is 0.650. The Morgan fingerprint density at radius 2 is 2.33 bits per heavy atom. The van der Waals surface area contributed by atoms with E-state index in [2.05, 4.69) is 13.5 Å². The monoisotopic (exact) mass is 210 g/mol. The minimum atomic E-state index is -0.314. The van der Waals surface area contributed by atoms with Crippen molar-refractivity contribution in [2.45, 2.75) is 51.1 Å². The van der Waals surface area contributed by atoms with Crippen LogP contribution in [0.2, 0.25) is 0 Å². The SMILES string of the molecule is C=CCN(C(=O)C(N)CCCC)C1CC1. The van der Waals surface area contributed by atoms with Crippen LogP contribution < -0.4 is 5.73 Å². The van der Waals surface area contributed by atoms with E-state index in [1.165, 1.54) is 0 Å². The van der Waals surface area contributed by atoms with Gasteiger partial charge in [-0.05, 0) is 19.3 Å². The molecule has 3 nitrogen and oxygen atoms in total. The van der Waals surface area contributed by atoms with Crippen molar-refractivity contribution in [2.75, 3.05) is 6.54 Å². The first kappa shape index (κ1) is 12.2. The van der Waals surface area contributed by atoms with E-state index in [4.69, 9.17) is 5.73 Å². The molecule has 1 fully saturated rings. The summed E-state index contributed by atoms with van der Waals surface area (Å²) >= 11 is 0. The largest absolute Gasteiger partial charge is 0.335 e. The number of hydrogen-bond acceptors (Lipinski definition) is 2. The Hall–Kier alpha value is -0.830. The van der Waals surface area contributed by atoms with Crippen molar-refractivity contribution in [2.24, 2.45) is 5.73 Å². The first-order chi connectivity index (χ1) is 7.20. The number of nitrogens with two attached hydrogens (primary N) is 1. The van der Waals surface area contributed by atoms with Gasteiger partial charge in [-0.25, -0.2) is 0 Å². The number of amides is 1. The van der Waals surface area contributed by atoms with E-state index in [9.17, 15) is 4.79 Å². The maximum atomic E-state index is 12.0. The second kappa shape index (κ2) is 5.91. The highest BCUT2D eigenvalue weighted by Gasteiger charge is 2.33. The second-order valence-corrected chi connectivity index (χ2v) is 4.26. The van der Waals surface area contributed by atoms with Crippen LogP contribution in [0.3, 0.4) is 0 Å². The highest BCUT2D eigenvalue weighted by molar-refractivity contribution is 5.82. The smallest absolute Gasteiger partial charge is 0.240 e. The number of carbonyl (C=O) groups excluding carboxylic acids is 1. The van der Waals surface area contributed by atoms with Crippen LogP contribution in [0.15, 0.2) is 12.7 Å². The summed E-state index contributed by atoms with van der Waals surface area (Å²) in [5.74, 6) is 0.103. The summed E-state index contributed by atoms with van der Waals surface area (Å²) in [6, 6.07) is 0.119. The van der Waals surface area contributed by atoms with Crippen LogP contribution in [0.4, 0.5) is 0 Å². The summed E-state index contributed by atoms with van der Waals surface area (Å²) in [4.78, 5) is 13.9. The zero-order valence-corrected chi connectivity index (χ0v) is 9.61. The molecule has 2 N–H and O–H groups in total. The van der Waals surface area contributed by atoms with E-state index in [0.29, 0.717) is 12.6 Å². The lowest BCUT2D eigenvalue weighted by molar-refractivity contribution is -0.132. The number of hydrogen-bond donors (Lipinski definition) is 1. The lowest BCUT2D eigenvalue weighted by Crippen LogP contribution is -2.44. The van der Waals surface area contributed by atoms with Gasteiger partial charge in [-0.2, -0.15) is 0 Å². The Morgan fingerprint density at radius 3 is 2.80 bits per heavy atom. The average molecular weight is 210 g/mol. The molecule has 0 aromatic carbocycles. The number of nitrogens with zero attached hydrogens (tertiary/aromatic N) is 1. The molecular formula is C12H22N2O. The molecule has 1 saturated carbocycles. The summed E-state index contributed by atoms with van der Waals surface area (Å²) < 4.78 is 0. The second-order valence-electron chi connectivity index (χ2n) is 4.26. The predicted molar refractivity (Wildman–Crippen MR) is 62.4 cm³/mol. The van der Waals surface area contributed by atoms with Crippen molar-refractivity contribution in [3.8, 4) is 0 Å². The molecule has 0 aromatic heterocycles. The van der Waals surface area contributed by atoms with E-state index in [-0.39, 0.29) is 11.9 Å². The summed E-state index contributed by atoms with van der Waals surface area (Å²) in [6.45, 7) is 6.43. The van der Waals surface area contributed by atoms with Crippen LogP contribution in [-0.2, 0) is 4.79 Å². The van der Waals surface area contributed by atoms with Crippen molar-refractivity contribution in [3.05, 3.63) is 12.7 Å². The van der Waals surface area contributed by atoms with Crippen LogP contribution in [0, 0.1) is 0 Å². The first-order valence-electron chi connectivity index (χ1n) is 5.87. The van der Waals surface area contributed by atoms with Gasteiger partial charge in [0.05, 0.1) is 6.04 Å². The van der Waals surface area contributed by atoms with E-state index in [0.717, 1.165) is 32.1 Å². The van der Waals surface area contributed by atoms with Crippen molar-refractivity contribution in [3.63, 3.8) is 0 Å². The molecule has 15 heavy (non-hydrogen) atoms. The van der Waals surface area contributed by atoms with Gasteiger partial charge in [0.25, 0.3) is 0 Å². The molecule has 1 amide bonds. The molecule has 0 spiro atoms. The Labute approximate surface area is 92.3 Å². The molecule has 1 unspecified atom stereocenters. The molecule has 1 rings (SSSR count). The van der Waals surface area contributed by atoms with Gasteiger partial charge in [0.1, 0.15) is 0 Å². The van der Waals surface area contributed by atoms with Gasteiger partial charge in [-0.15, -0.1) is 6.58 Å². The summed E-state index contributed by atoms with van der Waals surface area (Å²) in [6.07, 6.45) is 6.95. The van der Waals surface area contributed by atoms with Gasteiger partial charge in [-0.1, -0.05) is 25.8 Å². The Morgan fingerprint density at radius 1 is 1.67 bits per heavy atom. The van der Waals surface area contributed by atoms with Crippen molar-refractivity contribution >= 4 is 5.91 Å². The van der Waals surface area contributed by atoms with E-state index in [1.54, 1.807) is 6.08 Å². The molecule has 0 radical (unpaired) electrons. The average Bonchev–Trinajstić information content (AvgIpc) is 3.05. The Bertz CT molecular complexity index is 224. The van der Waals surface area contributed by atoms with Crippen molar-refractivity contribution in [1.82, 2.24) is 4.90 Å². The Kier molecular flexibility index (Phi) is 4.82. The van der Waals surface area contributed by atoms with Crippen LogP contribution in [0.25, 0.3) is 0 Å². The highest BCUT2D eigenvalue weighted by atomic mass is 16.2. The van der Waals surface area contributed by atoms with Gasteiger partial charge in [0.15, 0.2) is 0 Å². The first-order valence-corrected chi connectivity index (χ1v) is 5.87. The molecule has 0 saturated heterocycles. The number of rotatable bonds is 7. The number of unbranched alkanes of at least 4 members (excludes halogenated alkanes) is 1. The van der Waals surface area contributed by atoms with E-state index in [1.807, 2.05) is 4.90 Å². The molecule has 0 heterocycles. The molecule has 1 aliphatic carbocycles. The van der Waals surface area contributed by atoms with Gasteiger partial charge in [-0.3, -0.25) is 4.79 Å². The predicted octanol–water partition coefficient (Wildman–Crippen LogP) is 1.68.